The number of hydrogen-bond donors (Lipinski definition) is 2. The van der Waals surface area contributed by atoms with Gasteiger partial charge in [0, 0.05) is 19.3 Å². The molecule has 0 radical (unpaired) electrons. The van der Waals surface area contributed by atoms with Crippen LogP contribution < -0.4 is 15.8 Å². The second-order valence-electron chi connectivity index (χ2n) is 6.23. The van der Waals surface area contributed by atoms with Crippen LogP contribution in [0.5, 0.6) is 5.88 Å². The molecule has 2 unspecified atom stereocenters. The first-order chi connectivity index (χ1) is 11.6. The first kappa shape index (κ1) is 16.9. The fraction of sp³-hybridized carbons (Fsp3) is 0.529. The van der Waals surface area contributed by atoms with Crippen LogP contribution in [0.2, 0.25) is 0 Å². The summed E-state index contributed by atoms with van der Waals surface area (Å²) in [4.78, 5) is 8.81. The van der Waals surface area contributed by atoms with Gasteiger partial charge in [-0.1, -0.05) is 0 Å². The number of aromatic nitrogens is 3. The SMILES string of the molecule is COCC(NC(N)c1ccc(-n2cnc(C)c2)c(OC)n1)C1CC1. The number of hydrogen-bond acceptors (Lipinski definition) is 6. The molecule has 2 heterocycles. The van der Waals surface area contributed by atoms with Gasteiger partial charge in [-0.15, -0.1) is 0 Å². The third-order valence-corrected chi connectivity index (χ3v) is 4.29. The molecule has 3 N–H and O–H groups in total. The summed E-state index contributed by atoms with van der Waals surface area (Å²) in [6.07, 6.45) is 5.76. The fourth-order valence-electron chi connectivity index (χ4n) is 2.83. The van der Waals surface area contributed by atoms with Crippen molar-refractivity contribution in [2.24, 2.45) is 11.7 Å². The Morgan fingerprint density at radius 3 is 2.75 bits per heavy atom. The van der Waals surface area contributed by atoms with Gasteiger partial charge in [0.1, 0.15) is 5.69 Å². The van der Waals surface area contributed by atoms with Crippen LogP contribution in [0.4, 0.5) is 0 Å². The minimum atomic E-state index is -0.363. The summed E-state index contributed by atoms with van der Waals surface area (Å²) >= 11 is 0. The van der Waals surface area contributed by atoms with E-state index in [-0.39, 0.29) is 12.2 Å². The smallest absolute Gasteiger partial charge is 0.238 e. The predicted molar refractivity (Wildman–Crippen MR) is 91.1 cm³/mol. The van der Waals surface area contributed by atoms with Crippen LogP contribution in [0.25, 0.3) is 5.69 Å². The summed E-state index contributed by atoms with van der Waals surface area (Å²) < 4.78 is 12.6. The summed E-state index contributed by atoms with van der Waals surface area (Å²) in [6, 6.07) is 4.13. The molecule has 0 aliphatic heterocycles. The molecular formula is C17H25N5O2. The third-order valence-electron chi connectivity index (χ3n) is 4.29. The molecule has 0 spiro atoms. The fourth-order valence-corrected chi connectivity index (χ4v) is 2.83. The molecule has 0 aromatic carbocycles. The van der Waals surface area contributed by atoms with E-state index in [0.29, 0.717) is 18.4 Å². The van der Waals surface area contributed by atoms with E-state index in [0.717, 1.165) is 17.1 Å². The van der Waals surface area contributed by atoms with E-state index in [1.165, 1.54) is 12.8 Å². The average molecular weight is 331 g/mol. The largest absolute Gasteiger partial charge is 0.479 e. The first-order valence-electron chi connectivity index (χ1n) is 8.19. The zero-order valence-corrected chi connectivity index (χ0v) is 14.4. The Hall–Kier alpha value is -1.96. The molecule has 2 atom stereocenters. The minimum absolute atomic E-state index is 0.258. The second kappa shape index (κ2) is 7.29. The molecular weight excluding hydrogens is 306 g/mol. The van der Waals surface area contributed by atoms with E-state index in [1.807, 2.05) is 29.8 Å². The number of nitrogens with two attached hydrogens (primary N) is 1. The summed E-state index contributed by atoms with van der Waals surface area (Å²) in [5.41, 5.74) is 8.82. The summed E-state index contributed by atoms with van der Waals surface area (Å²) in [5, 5.41) is 3.43. The van der Waals surface area contributed by atoms with Crippen LogP contribution in [-0.4, -0.2) is 41.4 Å². The van der Waals surface area contributed by atoms with Gasteiger partial charge in [-0.25, -0.2) is 9.97 Å². The molecule has 130 valence electrons. The second-order valence-corrected chi connectivity index (χ2v) is 6.23. The molecule has 1 fully saturated rings. The van der Waals surface area contributed by atoms with Crippen LogP contribution in [-0.2, 0) is 4.74 Å². The number of pyridine rings is 1. The quantitative estimate of drug-likeness (QED) is 0.714. The zero-order chi connectivity index (χ0) is 17.1. The third kappa shape index (κ3) is 3.75. The number of rotatable bonds is 8. The van der Waals surface area contributed by atoms with Gasteiger partial charge in [0.2, 0.25) is 5.88 Å². The van der Waals surface area contributed by atoms with Gasteiger partial charge in [-0.05, 0) is 37.8 Å². The maximum Gasteiger partial charge on any atom is 0.238 e. The normalized spacial score (nSPS) is 16.8. The van der Waals surface area contributed by atoms with Crippen molar-refractivity contribution >= 4 is 0 Å². The van der Waals surface area contributed by atoms with E-state index in [9.17, 15) is 0 Å². The summed E-state index contributed by atoms with van der Waals surface area (Å²) in [6.45, 7) is 2.60. The number of ether oxygens (including phenoxy) is 2. The van der Waals surface area contributed by atoms with Crippen molar-refractivity contribution in [1.82, 2.24) is 19.9 Å². The topological polar surface area (TPSA) is 87.2 Å². The van der Waals surface area contributed by atoms with Gasteiger partial charge in [0.25, 0.3) is 0 Å². The standard InChI is InChI=1S/C17H25N5O2/c1-11-8-22(10-19-11)15-7-6-13(21-17(15)24-3)16(18)20-14(9-23-2)12-4-5-12/h6-8,10,12,14,16,20H,4-5,9,18H2,1-3H3. The van der Waals surface area contributed by atoms with E-state index in [1.54, 1.807) is 20.5 Å². The molecule has 2 aromatic heterocycles. The highest BCUT2D eigenvalue weighted by atomic mass is 16.5. The molecule has 1 aliphatic carbocycles. The molecule has 24 heavy (non-hydrogen) atoms. The minimum Gasteiger partial charge on any atom is -0.479 e. The van der Waals surface area contributed by atoms with Gasteiger partial charge in [-0.2, -0.15) is 0 Å². The number of nitrogens with one attached hydrogen (secondary N) is 1. The monoisotopic (exact) mass is 331 g/mol. The first-order valence-corrected chi connectivity index (χ1v) is 8.19. The maximum atomic E-state index is 6.30. The van der Waals surface area contributed by atoms with Gasteiger partial charge in [-0.3, -0.25) is 5.32 Å². The van der Waals surface area contributed by atoms with Crippen molar-refractivity contribution in [2.45, 2.75) is 32.0 Å². The Kier molecular flexibility index (Phi) is 5.13. The van der Waals surface area contributed by atoms with Crippen LogP contribution in [0.15, 0.2) is 24.7 Å². The average Bonchev–Trinajstić information content (AvgIpc) is 3.35. The van der Waals surface area contributed by atoms with Crippen molar-refractivity contribution in [3.8, 4) is 11.6 Å². The molecule has 7 nitrogen and oxygen atoms in total. The lowest BCUT2D eigenvalue weighted by molar-refractivity contribution is 0.151. The molecule has 0 bridgehead atoms. The highest BCUT2D eigenvalue weighted by Crippen LogP contribution is 2.33. The number of methoxy groups -OCH3 is 2. The van der Waals surface area contributed by atoms with Gasteiger partial charge < -0.3 is 19.8 Å². The van der Waals surface area contributed by atoms with Crippen molar-refractivity contribution in [3.05, 3.63) is 36.0 Å². The van der Waals surface area contributed by atoms with Crippen molar-refractivity contribution < 1.29 is 9.47 Å². The molecule has 1 aliphatic rings. The highest BCUT2D eigenvalue weighted by Gasteiger charge is 2.32. The van der Waals surface area contributed by atoms with E-state index >= 15 is 0 Å². The van der Waals surface area contributed by atoms with Crippen molar-refractivity contribution in [2.75, 3.05) is 20.8 Å². The number of nitrogens with zero attached hydrogens (tertiary/aromatic N) is 3. The van der Waals surface area contributed by atoms with Crippen LogP contribution in [0.1, 0.15) is 30.4 Å². The molecule has 0 saturated heterocycles. The van der Waals surface area contributed by atoms with Gasteiger partial charge in [0.15, 0.2) is 0 Å². The molecule has 1 saturated carbocycles. The Morgan fingerprint density at radius 1 is 1.38 bits per heavy atom. The lowest BCUT2D eigenvalue weighted by Gasteiger charge is -2.22. The van der Waals surface area contributed by atoms with Gasteiger partial charge in [0.05, 0.1) is 37.6 Å². The van der Waals surface area contributed by atoms with Crippen molar-refractivity contribution in [1.29, 1.82) is 0 Å². The van der Waals surface area contributed by atoms with Crippen LogP contribution in [0, 0.1) is 12.8 Å². The Balaban J connectivity index is 1.78. The lowest BCUT2D eigenvalue weighted by Crippen LogP contribution is -2.42. The Bertz CT molecular complexity index is 683. The molecule has 2 aromatic rings. The van der Waals surface area contributed by atoms with Crippen LogP contribution >= 0.6 is 0 Å². The number of aryl methyl sites for hydroxylation is 1. The zero-order valence-electron chi connectivity index (χ0n) is 14.4. The number of imidazole rings is 1. The van der Waals surface area contributed by atoms with E-state index < -0.39 is 0 Å². The van der Waals surface area contributed by atoms with Crippen LogP contribution in [0.3, 0.4) is 0 Å². The van der Waals surface area contributed by atoms with Gasteiger partial charge >= 0.3 is 0 Å². The van der Waals surface area contributed by atoms with Crippen molar-refractivity contribution in [3.63, 3.8) is 0 Å². The maximum absolute atomic E-state index is 6.30. The summed E-state index contributed by atoms with van der Waals surface area (Å²) in [5.74, 6) is 1.17. The Labute approximate surface area is 142 Å². The molecule has 7 heteroatoms. The van der Waals surface area contributed by atoms with E-state index in [2.05, 4.69) is 15.3 Å². The lowest BCUT2D eigenvalue weighted by atomic mass is 10.1. The Morgan fingerprint density at radius 2 is 2.17 bits per heavy atom. The molecule has 3 rings (SSSR count). The highest BCUT2D eigenvalue weighted by molar-refractivity contribution is 5.43. The molecule has 0 amide bonds. The predicted octanol–water partition coefficient (Wildman–Crippen LogP) is 1.56. The summed E-state index contributed by atoms with van der Waals surface area (Å²) in [7, 11) is 3.32. The van der Waals surface area contributed by atoms with E-state index in [4.69, 9.17) is 15.2 Å².